The number of benzene rings is 2. The molecule has 3 aromatic rings. The maximum Gasteiger partial charge on any atom is 0.573 e. The molecule has 0 atom stereocenters. The molecule has 2 aromatic carbocycles. The molecule has 2 N–H and O–H groups in total. The van der Waals surface area contributed by atoms with Gasteiger partial charge in [-0.3, -0.25) is 9.89 Å². The van der Waals surface area contributed by atoms with E-state index in [1.807, 2.05) is 0 Å². The van der Waals surface area contributed by atoms with E-state index in [4.69, 9.17) is 0 Å². The summed E-state index contributed by atoms with van der Waals surface area (Å²) in [5.74, 6) is -0.192. The summed E-state index contributed by atoms with van der Waals surface area (Å²) in [6.07, 6.45) is -3.37. The standard InChI is InChI=1S/C17H13F3N4O2S/c18-17(19,20)26-14-3-1-2-13(8-14)23-15(25)12-6-4-11(5-7-12)9-27-16-21-10-22-24-16/h1-8,10H,9H2,(H,23,25)(H,21,22,24). The van der Waals surface area contributed by atoms with Gasteiger partial charge in [-0.1, -0.05) is 30.0 Å². The molecule has 0 aliphatic carbocycles. The largest absolute Gasteiger partial charge is 0.573 e. The van der Waals surface area contributed by atoms with Crippen molar-refractivity contribution in [2.75, 3.05) is 5.32 Å². The molecule has 0 fully saturated rings. The number of amides is 1. The topological polar surface area (TPSA) is 79.9 Å². The monoisotopic (exact) mass is 394 g/mol. The Labute approximate surface area is 156 Å². The molecular formula is C17H13F3N4O2S. The van der Waals surface area contributed by atoms with Gasteiger partial charge in [-0.15, -0.1) is 13.2 Å². The maximum atomic E-state index is 12.3. The number of aromatic nitrogens is 3. The molecular weight excluding hydrogens is 381 g/mol. The molecule has 1 heterocycles. The number of aromatic amines is 1. The first-order valence-corrected chi connectivity index (χ1v) is 8.62. The first-order chi connectivity index (χ1) is 12.9. The Morgan fingerprint density at radius 2 is 1.96 bits per heavy atom. The van der Waals surface area contributed by atoms with Crippen molar-refractivity contribution in [3.05, 3.63) is 66.0 Å². The van der Waals surface area contributed by atoms with Gasteiger partial charge in [-0.25, -0.2) is 4.98 Å². The second kappa shape index (κ2) is 8.12. The molecule has 0 saturated heterocycles. The zero-order valence-electron chi connectivity index (χ0n) is 13.7. The number of anilines is 1. The van der Waals surface area contributed by atoms with Crippen molar-refractivity contribution < 1.29 is 22.7 Å². The van der Waals surface area contributed by atoms with E-state index in [0.29, 0.717) is 16.5 Å². The average Bonchev–Trinajstić information content (AvgIpc) is 3.13. The van der Waals surface area contributed by atoms with Gasteiger partial charge in [0, 0.05) is 23.1 Å². The third kappa shape index (κ3) is 5.74. The smallest absolute Gasteiger partial charge is 0.406 e. The zero-order valence-corrected chi connectivity index (χ0v) is 14.5. The van der Waals surface area contributed by atoms with Gasteiger partial charge in [-0.2, -0.15) is 5.10 Å². The minimum absolute atomic E-state index is 0.201. The summed E-state index contributed by atoms with van der Waals surface area (Å²) in [5, 5.41) is 9.73. The van der Waals surface area contributed by atoms with Crippen LogP contribution in [0.1, 0.15) is 15.9 Å². The van der Waals surface area contributed by atoms with Crippen LogP contribution in [0.5, 0.6) is 5.75 Å². The molecule has 0 saturated carbocycles. The molecule has 0 aliphatic heterocycles. The third-order valence-corrected chi connectivity index (χ3v) is 4.26. The Morgan fingerprint density at radius 3 is 2.63 bits per heavy atom. The van der Waals surface area contributed by atoms with Crippen molar-refractivity contribution in [2.24, 2.45) is 0 Å². The van der Waals surface area contributed by atoms with Gasteiger partial charge in [0.05, 0.1) is 0 Å². The third-order valence-electron chi connectivity index (χ3n) is 3.31. The Balaban J connectivity index is 1.60. The molecule has 27 heavy (non-hydrogen) atoms. The Kier molecular flexibility index (Phi) is 5.65. The van der Waals surface area contributed by atoms with Crippen LogP contribution in [0.4, 0.5) is 18.9 Å². The number of ether oxygens (including phenoxy) is 1. The number of H-pyrrole nitrogens is 1. The second-order valence-corrected chi connectivity index (χ2v) is 6.27. The van der Waals surface area contributed by atoms with Gasteiger partial charge >= 0.3 is 6.36 Å². The van der Waals surface area contributed by atoms with Crippen molar-refractivity contribution in [2.45, 2.75) is 17.3 Å². The van der Waals surface area contributed by atoms with Crippen molar-refractivity contribution in [1.29, 1.82) is 0 Å². The number of halogens is 3. The van der Waals surface area contributed by atoms with E-state index in [1.54, 1.807) is 24.3 Å². The van der Waals surface area contributed by atoms with Crippen LogP contribution in [0.15, 0.2) is 60.0 Å². The van der Waals surface area contributed by atoms with Crippen LogP contribution in [0.25, 0.3) is 0 Å². The molecule has 10 heteroatoms. The van der Waals surface area contributed by atoms with Gasteiger partial charge in [0.25, 0.3) is 5.91 Å². The predicted molar refractivity (Wildman–Crippen MR) is 93.5 cm³/mol. The number of hydrogen-bond acceptors (Lipinski definition) is 5. The first kappa shape index (κ1) is 18.8. The van der Waals surface area contributed by atoms with E-state index in [1.165, 1.54) is 30.2 Å². The van der Waals surface area contributed by atoms with Crippen molar-refractivity contribution in [3.63, 3.8) is 0 Å². The SMILES string of the molecule is O=C(Nc1cccc(OC(F)(F)F)c1)c1ccc(CSc2ncn[nH]2)cc1. The first-order valence-electron chi connectivity index (χ1n) is 7.63. The van der Waals surface area contributed by atoms with Gasteiger partial charge in [0.15, 0.2) is 5.16 Å². The number of carbonyl (C=O) groups is 1. The summed E-state index contributed by atoms with van der Waals surface area (Å²) in [6.45, 7) is 0. The highest BCUT2D eigenvalue weighted by molar-refractivity contribution is 7.98. The number of carbonyl (C=O) groups excluding carboxylic acids is 1. The minimum atomic E-state index is -4.79. The Morgan fingerprint density at radius 1 is 1.19 bits per heavy atom. The van der Waals surface area contributed by atoms with E-state index in [-0.39, 0.29) is 5.69 Å². The maximum absolute atomic E-state index is 12.3. The lowest BCUT2D eigenvalue weighted by molar-refractivity contribution is -0.274. The summed E-state index contributed by atoms with van der Waals surface area (Å²) in [6, 6.07) is 12.0. The summed E-state index contributed by atoms with van der Waals surface area (Å²) in [4.78, 5) is 16.3. The van der Waals surface area contributed by atoms with Crippen LogP contribution in [0.2, 0.25) is 0 Å². The van der Waals surface area contributed by atoms with Gasteiger partial charge in [0.1, 0.15) is 12.1 Å². The fourth-order valence-corrected chi connectivity index (χ4v) is 2.88. The van der Waals surface area contributed by atoms with E-state index in [0.717, 1.165) is 17.7 Å². The van der Waals surface area contributed by atoms with Crippen LogP contribution < -0.4 is 10.1 Å². The van der Waals surface area contributed by atoms with Crippen LogP contribution in [-0.4, -0.2) is 27.5 Å². The van der Waals surface area contributed by atoms with Crippen LogP contribution >= 0.6 is 11.8 Å². The Bertz CT molecular complexity index is 899. The molecule has 6 nitrogen and oxygen atoms in total. The van der Waals surface area contributed by atoms with Crippen molar-refractivity contribution in [3.8, 4) is 5.75 Å². The van der Waals surface area contributed by atoms with Gasteiger partial charge < -0.3 is 10.1 Å². The molecule has 0 aliphatic rings. The highest BCUT2D eigenvalue weighted by atomic mass is 32.2. The number of hydrogen-bond donors (Lipinski definition) is 2. The highest BCUT2D eigenvalue weighted by Crippen LogP contribution is 2.25. The number of thioether (sulfide) groups is 1. The molecule has 1 amide bonds. The summed E-state index contributed by atoms with van der Waals surface area (Å²) in [5.41, 5.74) is 1.56. The lowest BCUT2D eigenvalue weighted by Gasteiger charge is -2.11. The fraction of sp³-hybridized carbons (Fsp3) is 0.118. The Hall–Kier alpha value is -3.01. The number of rotatable bonds is 6. The van der Waals surface area contributed by atoms with Crippen LogP contribution in [0, 0.1) is 0 Å². The molecule has 0 radical (unpaired) electrons. The van der Waals surface area contributed by atoms with Gasteiger partial charge in [0.2, 0.25) is 0 Å². The average molecular weight is 394 g/mol. The molecule has 0 unspecified atom stereocenters. The molecule has 3 rings (SSSR count). The normalized spacial score (nSPS) is 11.2. The van der Waals surface area contributed by atoms with E-state index in [2.05, 4.69) is 25.2 Å². The number of alkyl halides is 3. The molecule has 1 aromatic heterocycles. The van der Waals surface area contributed by atoms with Crippen LogP contribution in [0.3, 0.4) is 0 Å². The fourth-order valence-electron chi connectivity index (χ4n) is 2.14. The summed E-state index contributed by atoms with van der Waals surface area (Å²) < 4.78 is 40.6. The molecule has 0 bridgehead atoms. The van der Waals surface area contributed by atoms with Crippen molar-refractivity contribution >= 4 is 23.4 Å². The van der Waals surface area contributed by atoms with Crippen LogP contribution in [-0.2, 0) is 5.75 Å². The number of nitrogens with one attached hydrogen (secondary N) is 2. The lowest BCUT2D eigenvalue weighted by atomic mass is 10.1. The zero-order chi connectivity index (χ0) is 19.3. The minimum Gasteiger partial charge on any atom is -0.406 e. The quantitative estimate of drug-likeness (QED) is 0.611. The summed E-state index contributed by atoms with van der Waals surface area (Å²) in [7, 11) is 0. The van der Waals surface area contributed by atoms with E-state index < -0.39 is 18.0 Å². The molecule has 140 valence electrons. The van der Waals surface area contributed by atoms with Gasteiger partial charge in [-0.05, 0) is 29.8 Å². The van der Waals surface area contributed by atoms with E-state index in [9.17, 15) is 18.0 Å². The highest BCUT2D eigenvalue weighted by Gasteiger charge is 2.31. The van der Waals surface area contributed by atoms with Crippen molar-refractivity contribution in [1.82, 2.24) is 15.2 Å². The lowest BCUT2D eigenvalue weighted by Crippen LogP contribution is -2.17. The summed E-state index contributed by atoms with van der Waals surface area (Å²) >= 11 is 1.47. The molecule has 0 spiro atoms. The second-order valence-electron chi connectivity index (χ2n) is 5.31. The predicted octanol–water partition coefficient (Wildman–Crippen LogP) is 4.25. The van der Waals surface area contributed by atoms with E-state index >= 15 is 0 Å². The number of nitrogens with zero attached hydrogens (tertiary/aromatic N) is 2.